The van der Waals surface area contributed by atoms with Gasteiger partial charge in [0.25, 0.3) is 10.0 Å². The molecule has 21 heavy (non-hydrogen) atoms. The lowest BCUT2D eigenvalue weighted by molar-refractivity contribution is 0.600. The molecular formula is C14H16BrN3O2S. The van der Waals surface area contributed by atoms with Crippen molar-refractivity contribution in [3.05, 3.63) is 52.1 Å². The van der Waals surface area contributed by atoms with Gasteiger partial charge in [0.1, 0.15) is 0 Å². The van der Waals surface area contributed by atoms with E-state index in [1.807, 2.05) is 13.1 Å². The third kappa shape index (κ3) is 3.61. The smallest absolute Gasteiger partial charge is 0.263 e. The molecule has 0 atom stereocenters. The molecule has 2 rings (SSSR count). The summed E-state index contributed by atoms with van der Waals surface area (Å²) in [5, 5.41) is 3.03. The van der Waals surface area contributed by atoms with Gasteiger partial charge in [-0.05, 0) is 59.2 Å². The highest BCUT2D eigenvalue weighted by atomic mass is 79.9. The van der Waals surface area contributed by atoms with Crippen LogP contribution in [0.2, 0.25) is 0 Å². The minimum absolute atomic E-state index is 0.257. The average Bonchev–Trinajstić information content (AvgIpc) is 2.43. The van der Waals surface area contributed by atoms with E-state index in [0.717, 1.165) is 11.1 Å². The number of hydrogen-bond donors (Lipinski definition) is 2. The lowest BCUT2D eigenvalue weighted by Gasteiger charge is -2.13. The fourth-order valence-corrected chi connectivity index (χ4v) is 3.78. The zero-order chi connectivity index (χ0) is 15.5. The van der Waals surface area contributed by atoms with Crippen LogP contribution >= 0.6 is 15.9 Å². The van der Waals surface area contributed by atoms with Crippen LogP contribution in [0, 0.1) is 6.92 Å². The Hall–Kier alpha value is -1.44. The molecule has 5 nitrogen and oxygen atoms in total. The van der Waals surface area contributed by atoms with Crippen LogP contribution in [0.25, 0.3) is 0 Å². The number of anilines is 1. The van der Waals surface area contributed by atoms with Crippen LogP contribution in [0.3, 0.4) is 0 Å². The second kappa shape index (κ2) is 6.55. The van der Waals surface area contributed by atoms with E-state index in [-0.39, 0.29) is 10.7 Å². The molecule has 0 aliphatic heterocycles. The van der Waals surface area contributed by atoms with Gasteiger partial charge >= 0.3 is 0 Å². The number of nitrogens with one attached hydrogen (secondary N) is 2. The average molecular weight is 370 g/mol. The molecule has 1 aromatic heterocycles. The number of rotatable bonds is 5. The highest BCUT2D eigenvalue weighted by Crippen LogP contribution is 2.24. The van der Waals surface area contributed by atoms with Crippen LogP contribution in [0.4, 0.5) is 5.82 Å². The predicted molar refractivity (Wildman–Crippen MR) is 86.7 cm³/mol. The van der Waals surface area contributed by atoms with Crippen molar-refractivity contribution < 1.29 is 8.42 Å². The second-order valence-corrected chi connectivity index (χ2v) is 7.02. The Morgan fingerprint density at radius 2 is 2.00 bits per heavy atom. The zero-order valence-corrected chi connectivity index (χ0v) is 14.1. The maximum absolute atomic E-state index is 12.5. The van der Waals surface area contributed by atoms with E-state index in [1.54, 1.807) is 31.2 Å². The predicted octanol–water partition coefficient (Wildman–Crippen LogP) is 2.67. The Morgan fingerprint density at radius 1 is 1.24 bits per heavy atom. The van der Waals surface area contributed by atoms with Gasteiger partial charge in [-0.2, -0.15) is 0 Å². The monoisotopic (exact) mass is 369 g/mol. The summed E-state index contributed by atoms with van der Waals surface area (Å²) in [4.78, 5) is 4.29. The standard InChI is InChI=1S/C14H16BrN3O2S/c1-10-11(9-16-2)5-3-7-13(10)21(19,20)18-14-12(15)6-4-8-17-14/h3-8,16H,9H2,1-2H3,(H,17,18). The summed E-state index contributed by atoms with van der Waals surface area (Å²) in [6.45, 7) is 2.41. The highest BCUT2D eigenvalue weighted by Gasteiger charge is 2.19. The Morgan fingerprint density at radius 3 is 2.67 bits per heavy atom. The number of benzene rings is 1. The quantitative estimate of drug-likeness (QED) is 0.849. The van der Waals surface area contributed by atoms with Gasteiger partial charge in [0.2, 0.25) is 0 Å². The Balaban J connectivity index is 2.41. The van der Waals surface area contributed by atoms with Crippen molar-refractivity contribution in [3.8, 4) is 0 Å². The number of halogens is 1. The maximum Gasteiger partial charge on any atom is 0.263 e. The van der Waals surface area contributed by atoms with E-state index in [1.165, 1.54) is 6.20 Å². The van der Waals surface area contributed by atoms with Crippen molar-refractivity contribution in [2.45, 2.75) is 18.4 Å². The molecular weight excluding hydrogens is 354 g/mol. The van der Waals surface area contributed by atoms with Gasteiger partial charge in [-0.1, -0.05) is 12.1 Å². The van der Waals surface area contributed by atoms with Crippen LogP contribution in [-0.2, 0) is 16.6 Å². The summed E-state index contributed by atoms with van der Waals surface area (Å²) in [5.74, 6) is 0.274. The summed E-state index contributed by atoms with van der Waals surface area (Å²) >= 11 is 3.28. The summed E-state index contributed by atoms with van der Waals surface area (Å²) < 4.78 is 28.2. The molecule has 0 aliphatic rings. The third-order valence-corrected chi connectivity index (χ3v) is 5.17. The van der Waals surface area contributed by atoms with Crippen molar-refractivity contribution in [2.75, 3.05) is 11.8 Å². The number of aromatic nitrogens is 1. The molecule has 0 saturated heterocycles. The molecule has 0 saturated carbocycles. The molecule has 7 heteroatoms. The molecule has 1 aromatic carbocycles. The molecule has 112 valence electrons. The van der Waals surface area contributed by atoms with Crippen molar-refractivity contribution in [1.29, 1.82) is 0 Å². The number of hydrogen-bond acceptors (Lipinski definition) is 4. The second-order valence-electron chi connectivity index (χ2n) is 4.51. The number of sulfonamides is 1. The third-order valence-electron chi connectivity index (χ3n) is 3.04. The first-order valence-electron chi connectivity index (χ1n) is 6.32. The van der Waals surface area contributed by atoms with Crippen LogP contribution in [-0.4, -0.2) is 20.4 Å². The Bertz CT molecular complexity index is 748. The SMILES string of the molecule is CNCc1cccc(S(=O)(=O)Nc2ncccc2Br)c1C. The number of nitrogens with zero attached hydrogens (tertiary/aromatic N) is 1. The summed E-state index contributed by atoms with van der Waals surface area (Å²) in [6.07, 6.45) is 1.53. The minimum Gasteiger partial charge on any atom is -0.316 e. The molecule has 1 heterocycles. The van der Waals surface area contributed by atoms with E-state index < -0.39 is 10.0 Å². The largest absolute Gasteiger partial charge is 0.316 e. The van der Waals surface area contributed by atoms with Crippen LogP contribution in [0.15, 0.2) is 45.9 Å². The molecule has 2 N–H and O–H groups in total. The fraction of sp³-hybridized carbons (Fsp3) is 0.214. The van der Waals surface area contributed by atoms with E-state index in [0.29, 0.717) is 11.0 Å². The van der Waals surface area contributed by atoms with Gasteiger partial charge in [0.05, 0.1) is 9.37 Å². The highest BCUT2D eigenvalue weighted by molar-refractivity contribution is 9.10. The molecule has 0 aliphatic carbocycles. The van der Waals surface area contributed by atoms with E-state index in [2.05, 4.69) is 31.0 Å². The van der Waals surface area contributed by atoms with Gasteiger partial charge in [0.15, 0.2) is 5.82 Å². The van der Waals surface area contributed by atoms with Gasteiger partial charge in [0, 0.05) is 12.7 Å². The fourth-order valence-electron chi connectivity index (χ4n) is 1.98. The number of pyridine rings is 1. The van der Waals surface area contributed by atoms with Crippen molar-refractivity contribution in [2.24, 2.45) is 0 Å². The van der Waals surface area contributed by atoms with E-state index in [9.17, 15) is 8.42 Å². The Kier molecular flexibility index (Phi) is 4.97. The molecule has 2 aromatic rings. The molecule has 0 spiro atoms. The summed E-state index contributed by atoms with van der Waals surface area (Å²) in [7, 11) is -1.85. The topological polar surface area (TPSA) is 71.1 Å². The minimum atomic E-state index is -3.68. The zero-order valence-electron chi connectivity index (χ0n) is 11.7. The first-order chi connectivity index (χ1) is 9.95. The normalized spacial score (nSPS) is 11.4. The van der Waals surface area contributed by atoms with Crippen molar-refractivity contribution in [3.63, 3.8) is 0 Å². The van der Waals surface area contributed by atoms with E-state index in [4.69, 9.17) is 0 Å². The molecule has 0 bridgehead atoms. The van der Waals surface area contributed by atoms with Crippen LogP contribution in [0.1, 0.15) is 11.1 Å². The first kappa shape index (κ1) is 15.9. The molecule has 0 unspecified atom stereocenters. The van der Waals surface area contributed by atoms with Crippen molar-refractivity contribution in [1.82, 2.24) is 10.3 Å². The molecule has 0 amide bonds. The molecule has 0 radical (unpaired) electrons. The van der Waals surface area contributed by atoms with E-state index >= 15 is 0 Å². The van der Waals surface area contributed by atoms with Gasteiger partial charge < -0.3 is 5.32 Å². The van der Waals surface area contributed by atoms with Gasteiger partial charge in [-0.3, -0.25) is 4.72 Å². The lowest BCUT2D eigenvalue weighted by atomic mass is 10.1. The van der Waals surface area contributed by atoms with Gasteiger partial charge in [-0.15, -0.1) is 0 Å². The Labute approximate surface area is 133 Å². The van der Waals surface area contributed by atoms with Gasteiger partial charge in [-0.25, -0.2) is 13.4 Å². The van der Waals surface area contributed by atoms with Crippen LogP contribution < -0.4 is 10.0 Å². The first-order valence-corrected chi connectivity index (χ1v) is 8.59. The van der Waals surface area contributed by atoms with Crippen LogP contribution in [0.5, 0.6) is 0 Å². The summed E-state index contributed by atoms with van der Waals surface area (Å²) in [6, 6.07) is 8.69. The maximum atomic E-state index is 12.5. The summed E-state index contributed by atoms with van der Waals surface area (Å²) in [5.41, 5.74) is 1.67. The lowest BCUT2D eigenvalue weighted by Crippen LogP contribution is -2.17. The van der Waals surface area contributed by atoms with Crippen molar-refractivity contribution >= 4 is 31.8 Å². The molecule has 0 fully saturated rings.